The molecule has 0 aromatic carbocycles. The molecule has 6 heteroatoms. The van der Waals surface area contributed by atoms with Crippen molar-refractivity contribution in [2.24, 2.45) is 0 Å². The number of carboxylic acids is 1. The molecule has 1 aliphatic heterocycles. The highest BCUT2D eigenvalue weighted by Crippen LogP contribution is 2.29. The summed E-state index contributed by atoms with van der Waals surface area (Å²) >= 11 is 1.88. The number of nitrogens with one attached hydrogen (secondary N) is 1. The molecule has 0 saturated carbocycles. The minimum atomic E-state index is -0.827. The lowest BCUT2D eigenvalue weighted by atomic mass is 10.1. The van der Waals surface area contributed by atoms with Gasteiger partial charge in [-0.05, 0) is 27.2 Å². The van der Waals surface area contributed by atoms with Crippen molar-refractivity contribution in [2.75, 3.05) is 18.8 Å². The van der Waals surface area contributed by atoms with E-state index in [0.717, 1.165) is 18.8 Å². The van der Waals surface area contributed by atoms with E-state index in [2.05, 4.69) is 19.2 Å². The number of nitrogens with zero attached hydrogens (tertiary/aromatic N) is 1. The molecule has 0 radical (unpaired) electrons. The number of carbonyl (C=O) groups excluding carboxylic acids is 1. The van der Waals surface area contributed by atoms with E-state index in [4.69, 9.17) is 5.11 Å². The quantitative estimate of drug-likeness (QED) is 0.820. The number of rotatable bonds is 4. The first-order valence-corrected chi connectivity index (χ1v) is 7.20. The second-order valence-corrected chi connectivity index (χ2v) is 7.11. The predicted molar refractivity (Wildman–Crippen MR) is 73.0 cm³/mol. The smallest absolute Gasteiger partial charge is 0.317 e. The zero-order chi connectivity index (χ0) is 13.8. The molecular formula is C12H22N2O3S. The molecule has 1 unspecified atom stereocenters. The van der Waals surface area contributed by atoms with Crippen LogP contribution in [0.5, 0.6) is 0 Å². The Labute approximate surface area is 112 Å². The summed E-state index contributed by atoms with van der Waals surface area (Å²) in [6.07, 6.45) is 0.551. The number of carbonyl (C=O) groups is 2. The lowest BCUT2D eigenvalue weighted by Gasteiger charge is -2.37. The lowest BCUT2D eigenvalue weighted by molar-refractivity contribution is -0.137. The highest BCUT2D eigenvalue weighted by molar-refractivity contribution is 8.00. The molecule has 5 nitrogen and oxygen atoms in total. The Hall–Kier alpha value is -0.910. The second kappa shape index (κ2) is 6.31. The van der Waals surface area contributed by atoms with E-state index < -0.39 is 5.97 Å². The molecule has 18 heavy (non-hydrogen) atoms. The first kappa shape index (κ1) is 15.1. The zero-order valence-electron chi connectivity index (χ0n) is 11.2. The SMILES string of the molecule is CC(CCC(=O)O)NC(=O)N1CCSC(C)(C)C1. The van der Waals surface area contributed by atoms with Gasteiger partial charge in [0.05, 0.1) is 0 Å². The summed E-state index contributed by atoms with van der Waals surface area (Å²) in [6.45, 7) is 7.58. The standard InChI is InChI=1S/C12H22N2O3S/c1-9(4-5-10(15)16)13-11(17)14-6-7-18-12(2,3)8-14/h9H,4-8H2,1-3H3,(H,13,17)(H,15,16). The van der Waals surface area contributed by atoms with Gasteiger partial charge in [-0.3, -0.25) is 4.79 Å². The molecule has 0 aliphatic carbocycles. The normalized spacial score (nSPS) is 20.3. The topological polar surface area (TPSA) is 69.6 Å². The van der Waals surface area contributed by atoms with Gasteiger partial charge in [-0.2, -0.15) is 11.8 Å². The van der Waals surface area contributed by atoms with Crippen LogP contribution in [0.3, 0.4) is 0 Å². The molecule has 0 bridgehead atoms. The Balaban J connectivity index is 2.38. The van der Waals surface area contributed by atoms with E-state index in [1.54, 1.807) is 0 Å². The van der Waals surface area contributed by atoms with Crippen molar-refractivity contribution < 1.29 is 14.7 Å². The molecule has 0 aromatic rings. The molecule has 2 N–H and O–H groups in total. The van der Waals surface area contributed by atoms with Gasteiger partial charge in [-0.1, -0.05) is 0 Å². The first-order valence-electron chi connectivity index (χ1n) is 6.21. The van der Waals surface area contributed by atoms with E-state index in [1.165, 1.54) is 0 Å². The molecular weight excluding hydrogens is 252 g/mol. The summed E-state index contributed by atoms with van der Waals surface area (Å²) in [5, 5.41) is 11.4. The van der Waals surface area contributed by atoms with Crippen LogP contribution in [-0.4, -0.2) is 51.6 Å². The Kier molecular flexibility index (Phi) is 5.31. The Morgan fingerprint density at radius 3 is 2.72 bits per heavy atom. The third-order valence-corrected chi connectivity index (χ3v) is 4.17. The Morgan fingerprint density at radius 2 is 2.17 bits per heavy atom. The van der Waals surface area contributed by atoms with Crippen LogP contribution >= 0.6 is 11.8 Å². The molecule has 0 aromatic heterocycles. The minimum Gasteiger partial charge on any atom is -0.481 e. The van der Waals surface area contributed by atoms with Crippen molar-refractivity contribution in [3.8, 4) is 0 Å². The van der Waals surface area contributed by atoms with E-state index in [1.807, 2.05) is 23.6 Å². The molecule has 1 saturated heterocycles. The number of amides is 2. The fraction of sp³-hybridized carbons (Fsp3) is 0.833. The maximum atomic E-state index is 12.0. The van der Waals surface area contributed by atoms with Crippen molar-refractivity contribution in [1.29, 1.82) is 0 Å². The summed E-state index contributed by atoms with van der Waals surface area (Å²) in [7, 11) is 0. The number of urea groups is 1. The van der Waals surface area contributed by atoms with Crippen LogP contribution in [-0.2, 0) is 4.79 Å². The molecule has 1 heterocycles. The number of thioether (sulfide) groups is 1. The molecule has 2 amide bonds. The van der Waals surface area contributed by atoms with Crippen LogP contribution in [0.2, 0.25) is 0 Å². The fourth-order valence-electron chi connectivity index (χ4n) is 1.90. The maximum Gasteiger partial charge on any atom is 0.317 e. The Morgan fingerprint density at radius 1 is 1.50 bits per heavy atom. The number of aliphatic carboxylic acids is 1. The maximum absolute atomic E-state index is 12.0. The Bertz CT molecular complexity index is 320. The van der Waals surface area contributed by atoms with Gasteiger partial charge in [-0.15, -0.1) is 0 Å². The third kappa shape index (κ3) is 5.16. The highest BCUT2D eigenvalue weighted by Gasteiger charge is 2.30. The third-order valence-electron chi connectivity index (χ3n) is 2.87. The largest absolute Gasteiger partial charge is 0.481 e. The fourth-order valence-corrected chi connectivity index (χ4v) is 3.02. The average Bonchev–Trinajstić information content (AvgIpc) is 2.25. The van der Waals surface area contributed by atoms with E-state index >= 15 is 0 Å². The van der Waals surface area contributed by atoms with E-state index in [-0.39, 0.29) is 23.2 Å². The van der Waals surface area contributed by atoms with Gasteiger partial charge in [0.1, 0.15) is 0 Å². The lowest BCUT2D eigenvalue weighted by Crippen LogP contribution is -2.51. The summed E-state index contributed by atoms with van der Waals surface area (Å²) in [4.78, 5) is 24.3. The predicted octanol–water partition coefficient (Wildman–Crippen LogP) is 1.78. The highest BCUT2D eigenvalue weighted by atomic mass is 32.2. The van der Waals surface area contributed by atoms with Gasteiger partial charge in [0.15, 0.2) is 0 Å². The summed E-state index contributed by atoms with van der Waals surface area (Å²) in [5.74, 6) is 0.121. The molecule has 104 valence electrons. The van der Waals surface area contributed by atoms with Crippen LogP contribution in [0.1, 0.15) is 33.6 Å². The number of carboxylic acid groups (broad SMARTS) is 1. The summed E-state index contributed by atoms with van der Waals surface area (Å²) < 4.78 is 0.0971. The van der Waals surface area contributed by atoms with Gasteiger partial charge in [0.2, 0.25) is 0 Å². The van der Waals surface area contributed by atoms with Crippen molar-refractivity contribution in [3.63, 3.8) is 0 Å². The molecule has 1 rings (SSSR count). The van der Waals surface area contributed by atoms with E-state index in [0.29, 0.717) is 6.42 Å². The summed E-state index contributed by atoms with van der Waals surface area (Å²) in [6, 6.07) is -0.187. The van der Waals surface area contributed by atoms with E-state index in [9.17, 15) is 9.59 Å². The van der Waals surface area contributed by atoms with Gasteiger partial charge < -0.3 is 15.3 Å². The summed E-state index contributed by atoms with van der Waals surface area (Å²) in [5.41, 5.74) is 0. The van der Waals surface area contributed by atoms with Crippen molar-refractivity contribution in [2.45, 2.75) is 44.4 Å². The minimum absolute atomic E-state index is 0.0822. The monoisotopic (exact) mass is 274 g/mol. The van der Waals surface area contributed by atoms with Crippen LogP contribution in [0.25, 0.3) is 0 Å². The van der Waals surface area contributed by atoms with Crippen molar-refractivity contribution >= 4 is 23.8 Å². The van der Waals surface area contributed by atoms with Gasteiger partial charge in [-0.25, -0.2) is 4.79 Å². The van der Waals surface area contributed by atoms with Gasteiger partial charge >= 0.3 is 12.0 Å². The van der Waals surface area contributed by atoms with Crippen LogP contribution in [0.4, 0.5) is 4.79 Å². The second-order valence-electron chi connectivity index (χ2n) is 5.31. The van der Waals surface area contributed by atoms with Gasteiger partial charge in [0.25, 0.3) is 0 Å². The average molecular weight is 274 g/mol. The first-order chi connectivity index (χ1) is 8.30. The zero-order valence-corrected chi connectivity index (χ0v) is 12.0. The number of hydrogen-bond donors (Lipinski definition) is 2. The molecule has 1 aliphatic rings. The van der Waals surface area contributed by atoms with Crippen LogP contribution in [0.15, 0.2) is 0 Å². The van der Waals surface area contributed by atoms with Crippen LogP contribution < -0.4 is 5.32 Å². The van der Waals surface area contributed by atoms with Crippen molar-refractivity contribution in [3.05, 3.63) is 0 Å². The molecule has 0 spiro atoms. The van der Waals surface area contributed by atoms with Gasteiger partial charge in [0, 0.05) is 36.1 Å². The number of hydrogen-bond acceptors (Lipinski definition) is 3. The molecule has 1 fully saturated rings. The van der Waals surface area contributed by atoms with Crippen LogP contribution in [0, 0.1) is 0 Å². The molecule has 1 atom stereocenters. The van der Waals surface area contributed by atoms with Crippen molar-refractivity contribution in [1.82, 2.24) is 10.2 Å².